The van der Waals surface area contributed by atoms with Gasteiger partial charge in [-0.15, -0.1) is 0 Å². The lowest BCUT2D eigenvalue weighted by molar-refractivity contribution is -0.0879. The Morgan fingerprint density at radius 2 is 1.86 bits per heavy atom. The third-order valence-corrected chi connectivity index (χ3v) is 6.11. The largest absolute Gasteiger partial charge is 0.388 e. The van der Waals surface area contributed by atoms with Gasteiger partial charge in [-0.2, -0.15) is 5.26 Å². The van der Waals surface area contributed by atoms with E-state index in [9.17, 15) is 10.4 Å². The van der Waals surface area contributed by atoms with Crippen LogP contribution in [0.1, 0.15) is 71.6 Å². The van der Waals surface area contributed by atoms with Gasteiger partial charge in [0.05, 0.1) is 17.1 Å². The molecule has 1 aliphatic heterocycles. The van der Waals surface area contributed by atoms with Crippen molar-refractivity contribution in [2.45, 2.75) is 77.2 Å². The van der Waals surface area contributed by atoms with Gasteiger partial charge in [0.25, 0.3) is 0 Å². The van der Waals surface area contributed by atoms with E-state index >= 15 is 0 Å². The van der Waals surface area contributed by atoms with E-state index in [0.717, 1.165) is 70.5 Å². The van der Waals surface area contributed by atoms with E-state index in [1.165, 1.54) is 12.8 Å². The summed E-state index contributed by atoms with van der Waals surface area (Å²) in [7, 11) is 0. The van der Waals surface area contributed by atoms with E-state index in [0.29, 0.717) is 0 Å². The summed E-state index contributed by atoms with van der Waals surface area (Å²) >= 11 is 0. The summed E-state index contributed by atoms with van der Waals surface area (Å²) in [6, 6.07) is 2.58. The second-order valence-electron chi connectivity index (χ2n) is 7.25. The number of hydrogen-bond donors (Lipinski definition) is 1. The summed E-state index contributed by atoms with van der Waals surface area (Å²) in [5.74, 6) is 0.776. The summed E-state index contributed by atoms with van der Waals surface area (Å²) in [5.41, 5.74) is -1.25. The first kappa shape index (κ1) is 16.8. The lowest BCUT2D eigenvalue weighted by Crippen LogP contribution is -2.50. The molecule has 3 heteroatoms. The Hall–Kier alpha value is -0.590. The fourth-order valence-electron chi connectivity index (χ4n) is 4.52. The predicted molar refractivity (Wildman–Crippen MR) is 85.8 cm³/mol. The van der Waals surface area contributed by atoms with E-state index in [4.69, 9.17) is 0 Å². The Kier molecular flexibility index (Phi) is 5.68. The van der Waals surface area contributed by atoms with Crippen LogP contribution in [0.3, 0.4) is 0 Å². The van der Waals surface area contributed by atoms with Gasteiger partial charge in [-0.05, 0) is 64.0 Å². The lowest BCUT2D eigenvalue weighted by Gasteiger charge is -2.46. The molecule has 0 aromatic heterocycles. The highest BCUT2D eigenvalue weighted by Crippen LogP contribution is 2.50. The van der Waals surface area contributed by atoms with Crippen LogP contribution in [0.4, 0.5) is 0 Å². The van der Waals surface area contributed by atoms with Crippen LogP contribution in [0, 0.1) is 22.7 Å². The van der Waals surface area contributed by atoms with Crippen LogP contribution >= 0.6 is 0 Å². The van der Waals surface area contributed by atoms with E-state index in [1.54, 1.807) is 0 Å². The summed E-state index contributed by atoms with van der Waals surface area (Å²) in [4.78, 5) is 2.41. The van der Waals surface area contributed by atoms with Crippen molar-refractivity contribution in [1.29, 1.82) is 5.26 Å². The van der Waals surface area contributed by atoms with Gasteiger partial charge >= 0.3 is 0 Å². The topological polar surface area (TPSA) is 47.3 Å². The molecule has 2 fully saturated rings. The van der Waals surface area contributed by atoms with E-state index in [-0.39, 0.29) is 0 Å². The molecule has 0 bridgehead atoms. The quantitative estimate of drug-likeness (QED) is 0.859. The van der Waals surface area contributed by atoms with Crippen LogP contribution in [-0.2, 0) is 0 Å². The second-order valence-corrected chi connectivity index (χ2v) is 7.25. The first-order chi connectivity index (χ1) is 10.1. The first-order valence-electron chi connectivity index (χ1n) is 8.95. The third-order valence-electron chi connectivity index (χ3n) is 6.11. The standard InChI is InChI=1S/C18H32N2O/c1-3-6-16-7-10-17(15-19,11-8-16)18(21)9-5-13-20(4-2)14-12-18/h16,21H,3-14H2,1-2H3. The highest BCUT2D eigenvalue weighted by molar-refractivity contribution is 5.13. The average Bonchev–Trinajstić information content (AvgIpc) is 2.71. The molecule has 0 amide bonds. The number of rotatable bonds is 4. The Labute approximate surface area is 130 Å². The fraction of sp³-hybridized carbons (Fsp3) is 0.944. The number of nitrogens with zero attached hydrogens (tertiary/aromatic N) is 2. The monoisotopic (exact) mass is 292 g/mol. The molecule has 1 unspecified atom stereocenters. The van der Waals surface area contributed by atoms with Crippen molar-refractivity contribution in [3.8, 4) is 6.07 Å². The molecule has 1 aliphatic carbocycles. The highest BCUT2D eigenvalue weighted by Gasteiger charge is 2.52. The van der Waals surface area contributed by atoms with Gasteiger partial charge < -0.3 is 10.0 Å². The Morgan fingerprint density at radius 3 is 2.43 bits per heavy atom. The van der Waals surface area contributed by atoms with Gasteiger partial charge in [-0.3, -0.25) is 0 Å². The number of nitriles is 1. The minimum absolute atomic E-state index is 0.485. The van der Waals surface area contributed by atoms with Gasteiger partial charge in [0.2, 0.25) is 0 Å². The van der Waals surface area contributed by atoms with Crippen molar-refractivity contribution in [3.63, 3.8) is 0 Å². The van der Waals surface area contributed by atoms with Gasteiger partial charge in [0.1, 0.15) is 0 Å². The number of likely N-dealkylation sites (tertiary alicyclic amines) is 1. The third kappa shape index (κ3) is 3.43. The van der Waals surface area contributed by atoms with Gasteiger partial charge in [0.15, 0.2) is 0 Å². The summed E-state index contributed by atoms with van der Waals surface area (Å²) < 4.78 is 0. The molecule has 0 aromatic rings. The van der Waals surface area contributed by atoms with Crippen LogP contribution in [0.15, 0.2) is 0 Å². The zero-order valence-corrected chi connectivity index (χ0v) is 13.9. The molecule has 2 rings (SSSR count). The SMILES string of the molecule is CCCC1CCC(C#N)(C2(O)CCCN(CC)CC2)CC1. The molecular weight excluding hydrogens is 260 g/mol. The molecule has 1 N–H and O–H groups in total. The van der Waals surface area contributed by atoms with Gasteiger partial charge in [-0.25, -0.2) is 0 Å². The molecule has 1 saturated carbocycles. The Balaban J connectivity index is 2.08. The maximum absolute atomic E-state index is 11.3. The van der Waals surface area contributed by atoms with Crippen LogP contribution < -0.4 is 0 Å². The van der Waals surface area contributed by atoms with Crippen molar-refractivity contribution in [2.24, 2.45) is 11.3 Å². The van der Waals surface area contributed by atoms with Crippen molar-refractivity contribution < 1.29 is 5.11 Å². The summed E-state index contributed by atoms with van der Waals surface area (Å²) in [6.07, 6.45) is 9.16. The molecule has 0 radical (unpaired) electrons. The van der Waals surface area contributed by atoms with Crippen LogP contribution in [-0.4, -0.2) is 35.2 Å². The van der Waals surface area contributed by atoms with Crippen LogP contribution in [0.25, 0.3) is 0 Å². The zero-order chi connectivity index (χ0) is 15.3. The molecular formula is C18H32N2O. The molecule has 1 heterocycles. The summed E-state index contributed by atoms with van der Waals surface area (Å²) in [6.45, 7) is 7.48. The smallest absolute Gasteiger partial charge is 0.0861 e. The molecule has 21 heavy (non-hydrogen) atoms. The van der Waals surface area contributed by atoms with Crippen molar-refractivity contribution >= 4 is 0 Å². The average molecular weight is 292 g/mol. The second kappa shape index (κ2) is 7.11. The molecule has 120 valence electrons. The molecule has 1 saturated heterocycles. The van der Waals surface area contributed by atoms with E-state index in [2.05, 4.69) is 24.8 Å². The van der Waals surface area contributed by atoms with Crippen LogP contribution in [0.2, 0.25) is 0 Å². The van der Waals surface area contributed by atoms with Crippen LogP contribution in [0.5, 0.6) is 0 Å². The maximum atomic E-state index is 11.3. The minimum Gasteiger partial charge on any atom is -0.388 e. The number of aliphatic hydroxyl groups is 1. The summed E-state index contributed by atoms with van der Waals surface area (Å²) in [5, 5.41) is 21.2. The predicted octanol–water partition coefficient (Wildman–Crippen LogP) is 3.72. The van der Waals surface area contributed by atoms with E-state index in [1.807, 2.05) is 0 Å². The lowest BCUT2D eigenvalue weighted by atomic mass is 9.59. The first-order valence-corrected chi connectivity index (χ1v) is 8.95. The van der Waals surface area contributed by atoms with Crippen molar-refractivity contribution in [1.82, 2.24) is 4.90 Å². The normalized spacial score (nSPS) is 38.7. The van der Waals surface area contributed by atoms with E-state index < -0.39 is 11.0 Å². The maximum Gasteiger partial charge on any atom is 0.0861 e. The highest BCUT2D eigenvalue weighted by atomic mass is 16.3. The molecule has 0 aromatic carbocycles. The fourth-order valence-corrected chi connectivity index (χ4v) is 4.52. The molecule has 0 spiro atoms. The Bertz CT molecular complexity index is 368. The molecule has 3 nitrogen and oxygen atoms in total. The minimum atomic E-state index is -0.761. The zero-order valence-electron chi connectivity index (χ0n) is 13.9. The van der Waals surface area contributed by atoms with Gasteiger partial charge in [-0.1, -0.05) is 26.7 Å². The molecule has 2 aliphatic rings. The van der Waals surface area contributed by atoms with Crippen molar-refractivity contribution in [2.75, 3.05) is 19.6 Å². The number of hydrogen-bond acceptors (Lipinski definition) is 3. The Morgan fingerprint density at radius 1 is 1.14 bits per heavy atom. The van der Waals surface area contributed by atoms with Crippen molar-refractivity contribution in [3.05, 3.63) is 0 Å². The molecule has 1 atom stereocenters. The van der Waals surface area contributed by atoms with Gasteiger partial charge in [0, 0.05) is 6.54 Å².